The maximum Gasteiger partial charge on any atom is 0.416 e. The lowest BCUT2D eigenvalue weighted by atomic mass is 9.76. The number of hydrogen-bond acceptors (Lipinski definition) is 6. The maximum atomic E-state index is 14.1. The summed E-state index contributed by atoms with van der Waals surface area (Å²) in [6.07, 6.45) is 0.719. The van der Waals surface area contributed by atoms with Crippen LogP contribution in [0.4, 0.5) is 22.0 Å². The second-order valence-corrected chi connectivity index (χ2v) is 14.5. The lowest BCUT2D eigenvalue weighted by Gasteiger charge is -2.40. The summed E-state index contributed by atoms with van der Waals surface area (Å²) in [5.74, 6) is -2.50. The number of amides is 1. The van der Waals surface area contributed by atoms with Gasteiger partial charge in [-0.25, -0.2) is 17.2 Å². The molecule has 0 radical (unpaired) electrons. The van der Waals surface area contributed by atoms with Gasteiger partial charge in [0.15, 0.2) is 0 Å². The Morgan fingerprint density at radius 1 is 0.980 bits per heavy atom. The van der Waals surface area contributed by atoms with Crippen LogP contribution >= 0.6 is 0 Å². The molecule has 1 amide bonds. The van der Waals surface area contributed by atoms with Crippen molar-refractivity contribution >= 4 is 15.9 Å². The monoisotopic (exact) mass is 710 g/mol. The van der Waals surface area contributed by atoms with Crippen molar-refractivity contribution in [1.82, 2.24) is 19.9 Å². The van der Waals surface area contributed by atoms with Gasteiger partial charge in [0.05, 0.1) is 23.3 Å². The van der Waals surface area contributed by atoms with Gasteiger partial charge in [-0.2, -0.15) is 17.5 Å². The third-order valence-electron chi connectivity index (χ3n) is 8.82. The van der Waals surface area contributed by atoms with E-state index in [0.29, 0.717) is 37.3 Å². The van der Waals surface area contributed by atoms with E-state index in [0.717, 1.165) is 49.7 Å². The van der Waals surface area contributed by atoms with Gasteiger partial charge in [0.2, 0.25) is 10.0 Å². The molecule has 0 spiro atoms. The molecule has 0 bridgehead atoms. The highest BCUT2D eigenvalue weighted by Gasteiger charge is 2.38. The molecule has 4 rings (SSSR count). The summed E-state index contributed by atoms with van der Waals surface area (Å²) in [5.41, 5.74) is -1.24. The van der Waals surface area contributed by atoms with Crippen LogP contribution < -0.4 is 10.6 Å². The summed E-state index contributed by atoms with van der Waals surface area (Å²) < 4.78 is 97.1. The Labute approximate surface area is 284 Å². The number of nitrogens with one attached hydrogen (secondary N) is 2. The number of sulfonamides is 1. The lowest BCUT2D eigenvalue weighted by Crippen LogP contribution is -2.53. The molecule has 1 heterocycles. The number of alkyl halides is 3. The Hall–Kier alpha value is -3.46. The smallest absolute Gasteiger partial charge is 0.390 e. The van der Waals surface area contributed by atoms with E-state index in [2.05, 4.69) is 15.6 Å². The molecule has 1 aromatic heterocycles. The maximum absolute atomic E-state index is 14.1. The molecule has 49 heavy (non-hydrogen) atoms. The van der Waals surface area contributed by atoms with Crippen molar-refractivity contribution in [1.29, 1.82) is 0 Å². The molecule has 0 saturated heterocycles. The SMILES string of the molecule is CCCN(CCC)S(=O)(=O)c1cncc(C(=O)N[C@@H](Cc2cc(F)cc(F)c2)[C@H](O)CNC2(c3cccc(C(F)(F)F)c3)CCCCC2)c1. The number of nitrogens with zero attached hydrogens (tertiary/aromatic N) is 2. The standard InChI is InChI=1S/C35H43F5N4O4S/c1-3-13-44(14-4-2)49(47,48)30-18-25(21-41-22-30)33(46)43-31(17-24-15-28(36)20-29(37)16-24)32(45)23-42-34(11-6-5-7-12-34)26-9-8-10-27(19-26)35(38,39)40/h8-10,15-16,18-22,31-32,42,45H,3-7,11-14,17,23H2,1-2H3,(H,43,46)/t31-,32+/m0/s1. The van der Waals surface area contributed by atoms with E-state index in [-0.39, 0.29) is 42.1 Å². The molecule has 1 aliphatic carbocycles. The van der Waals surface area contributed by atoms with Gasteiger partial charge in [-0.3, -0.25) is 9.78 Å². The van der Waals surface area contributed by atoms with Gasteiger partial charge in [-0.05, 0) is 73.6 Å². The third kappa shape index (κ3) is 9.83. The average molecular weight is 711 g/mol. The van der Waals surface area contributed by atoms with Crippen LogP contribution in [-0.2, 0) is 28.2 Å². The molecule has 3 aromatic rings. The molecule has 14 heteroatoms. The van der Waals surface area contributed by atoms with Crippen LogP contribution in [-0.4, -0.2) is 60.5 Å². The fourth-order valence-electron chi connectivity index (χ4n) is 6.36. The van der Waals surface area contributed by atoms with Crippen LogP contribution in [0.25, 0.3) is 0 Å². The van der Waals surface area contributed by atoms with Crippen molar-refractivity contribution in [3.63, 3.8) is 0 Å². The summed E-state index contributed by atoms with van der Waals surface area (Å²) >= 11 is 0. The minimum atomic E-state index is -4.54. The Kier molecular flexibility index (Phi) is 12.9. The van der Waals surface area contributed by atoms with Crippen molar-refractivity contribution in [2.24, 2.45) is 0 Å². The van der Waals surface area contributed by atoms with Crippen LogP contribution in [0.5, 0.6) is 0 Å². The van der Waals surface area contributed by atoms with Gasteiger partial charge in [0.25, 0.3) is 5.91 Å². The van der Waals surface area contributed by atoms with Crippen molar-refractivity contribution in [3.05, 3.63) is 94.8 Å². The molecule has 0 unspecified atom stereocenters. The number of carbonyl (C=O) groups is 1. The summed E-state index contributed by atoms with van der Waals surface area (Å²) in [5, 5.41) is 17.5. The summed E-state index contributed by atoms with van der Waals surface area (Å²) in [6.45, 7) is 4.07. The van der Waals surface area contributed by atoms with Crippen molar-refractivity contribution < 1.29 is 40.3 Å². The second-order valence-electron chi connectivity index (χ2n) is 12.5. The normalized spacial score (nSPS) is 16.3. The molecule has 268 valence electrons. The zero-order valence-corrected chi connectivity index (χ0v) is 28.4. The predicted molar refractivity (Wildman–Crippen MR) is 175 cm³/mol. The van der Waals surface area contributed by atoms with Crippen molar-refractivity contribution in [3.8, 4) is 0 Å². The highest BCUT2D eigenvalue weighted by atomic mass is 32.2. The molecule has 1 aliphatic rings. The molecular formula is C35H43F5N4O4S. The van der Waals surface area contributed by atoms with Gasteiger partial charge in [-0.15, -0.1) is 0 Å². The van der Waals surface area contributed by atoms with Crippen molar-refractivity contribution in [2.75, 3.05) is 19.6 Å². The van der Waals surface area contributed by atoms with E-state index in [9.17, 15) is 40.3 Å². The number of hydrogen-bond donors (Lipinski definition) is 3. The predicted octanol–water partition coefficient (Wildman–Crippen LogP) is 6.34. The number of carbonyl (C=O) groups excluding carboxylic acids is 1. The average Bonchev–Trinajstić information content (AvgIpc) is 3.06. The van der Waals surface area contributed by atoms with E-state index < -0.39 is 57.0 Å². The molecule has 1 saturated carbocycles. The Morgan fingerprint density at radius 3 is 2.24 bits per heavy atom. The highest BCUT2D eigenvalue weighted by molar-refractivity contribution is 7.89. The minimum Gasteiger partial charge on any atom is -0.390 e. The van der Waals surface area contributed by atoms with Crippen LogP contribution in [0.1, 0.15) is 85.8 Å². The van der Waals surface area contributed by atoms with E-state index in [1.54, 1.807) is 6.07 Å². The third-order valence-corrected chi connectivity index (χ3v) is 10.7. The molecule has 2 aromatic carbocycles. The number of halogens is 5. The highest BCUT2D eigenvalue weighted by Crippen LogP contribution is 2.39. The largest absolute Gasteiger partial charge is 0.416 e. The van der Waals surface area contributed by atoms with E-state index in [1.165, 1.54) is 22.6 Å². The van der Waals surface area contributed by atoms with Gasteiger partial charge in [0.1, 0.15) is 16.5 Å². The topological polar surface area (TPSA) is 112 Å². The Balaban J connectivity index is 1.62. The lowest BCUT2D eigenvalue weighted by molar-refractivity contribution is -0.137. The molecule has 1 fully saturated rings. The summed E-state index contributed by atoms with van der Waals surface area (Å²) in [7, 11) is -3.97. The fourth-order valence-corrected chi connectivity index (χ4v) is 7.97. The number of aromatic nitrogens is 1. The van der Waals surface area contributed by atoms with E-state index in [1.807, 2.05) is 13.8 Å². The van der Waals surface area contributed by atoms with Gasteiger partial charge >= 0.3 is 6.18 Å². The zero-order chi connectivity index (χ0) is 35.8. The Morgan fingerprint density at radius 2 is 1.63 bits per heavy atom. The van der Waals surface area contributed by atoms with E-state index in [4.69, 9.17) is 0 Å². The van der Waals surface area contributed by atoms with Gasteiger partial charge < -0.3 is 15.7 Å². The van der Waals surface area contributed by atoms with Crippen LogP contribution in [0, 0.1) is 11.6 Å². The van der Waals surface area contributed by atoms with Crippen LogP contribution in [0.2, 0.25) is 0 Å². The molecular weight excluding hydrogens is 667 g/mol. The number of aliphatic hydroxyl groups excluding tert-OH is 1. The quantitative estimate of drug-likeness (QED) is 0.159. The first-order chi connectivity index (χ1) is 23.2. The van der Waals surface area contributed by atoms with Crippen molar-refractivity contribution in [2.45, 2.75) is 94.0 Å². The second kappa shape index (κ2) is 16.5. The fraction of sp³-hybridized carbons (Fsp3) is 0.486. The molecule has 0 aliphatic heterocycles. The first-order valence-electron chi connectivity index (χ1n) is 16.5. The first kappa shape index (κ1) is 38.3. The first-order valence-corrected chi connectivity index (χ1v) is 17.9. The summed E-state index contributed by atoms with van der Waals surface area (Å²) in [6, 6.07) is 7.93. The van der Waals surface area contributed by atoms with E-state index >= 15 is 0 Å². The van der Waals surface area contributed by atoms with Crippen LogP contribution in [0.3, 0.4) is 0 Å². The molecule has 3 N–H and O–H groups in total. The number of rotatable bonds is 15. The molecule has 8 nitrogen and oxygen atoms in total. The zero-order valence-electron chi connectivity index (χ0n) is 27.6. The van der Waals surface area contributed by atoms with Crippen LogP contribution in [0.15, 0.2) is 65.8 Å². The number of pyridine rings is 1. The molecule has 2 atom stereocenters. The number of aliphatic hydroxyl groups is 1. The number of benzene rings is 2. The summed E-state index contributed by atoms with van der Waals surface area (Å²) in [4.78, 5) is 17.4. The minimum absolute atomic E-state index is 0.114. The van der Waals surface area contributed by atoms with Gasteiger partial charge in [-0.1, -0.05) is 45.2 Å². The Bertz CT molecular complexity index is 1660. The van der Waals surface area contributed by atoms with Gasteiger partial charge in [0, 0.05) is 43.6 Å².